The van der Waals surface area contributed by atoms with Crippen molar-refractivity contribution in [1.29, 1.82) is 0 Å². The van der Waals surface area contributed by atoms with E-state index in [1.54, 1.807) is 35.7 Å². The first kappa shape index (κ1) is 22.6. The van der Waals surface area contributed by atoms with Crippen molar-refractivity contribution in [3.05, 3.63) is 50.6 Å². The molecule has 0 radical (unpaired) electrons. The lowest BCUT2D eigenvalue weighted by Gasteiger charge is -2.13. The van der Waals surface area contributed by atoms with Gasteiger partial charge in [-0.25, -0.2) is 0 Å². The summed E-state index contributed by atoms with van der Waals surface area (Å²) in [6.07, 6.45) is 0. The first-order valence-corrected chi connectivity index (χ1v) is 11.6. The number of hydrogen-bond donors (Lipinski definition) is 2. The summed E-state index contributed by atoms with van der Waals surface area (Å²) in [5, 5.41) is 11.9. The van der Waals surface area contributed by atoms with Crippen LogP contribution in [0.15, 0.2) is 40.9 Å². The quantitative estimate of drug-likeness (QED) is 0.380. The molecule has 11 heteroatoms. The monoisotopic (exact) mass is 483 g/mol. The number of nitrogens with zero attached hydrogens (tertiary/aromatic N) is 3. The molecule has 0 fully saturated rings. The van der Waals surface area contributed by atoms with Crippen LogP contribution in [0.25, 0.3) is 11.4 Å². The molecule has 2 N–H and O–H groups in total. The van der Waals surface area contributed by atoms with Gasteiger partial charge in [0.2, 0.25) is 5.91 Å². The number of amides is 2. The van der Waals surface area contributed by atoms with E-state index in [9.17, 15) is 9.59 Å². The fourth-order valence-corrected chi connectivity index (χ4v) is 4.42. The first-order valence-electron chi connectivity index (χ1n) is 8.99. The number of aromatic nitrogens is 3. The number of carbonyl (C=O) groups excluding carboxylic acids is 2. The Hall–Kier alpha value is -2.07. The number of thiophene rings is 1. The molecule has 2 amide bonds. The van der Waals surface area contributed by atoms with E-state index in [1.807, 2.05) is 4.57 Å². The lowest BCUT2D eigenvalue weighted by Crippen LogP contribution is -2.42. The molecule has 0 atom stereocenters. The van der Waals surface area contributed by atoms with Crippen LogP contribution in [0, 0.1) is 5.92 Å². The van der Waals surface area contributed by atoms with Crippen LogP contribution in [0.2, 0.25) is 10.0 Å². The Morgan fingerprint density at radius 3 is 2.67 bits per heavy atom. The molecule has 2 aromatic heterocycles. The minimum Gasteiger partial charge on any atom is -0.302 e. The summed E-state index contributed by atoms with van der Waals surface area (Å²) in [5.74, 6) is 0.291. The summed E-state index contributed by atoms with van der Waals surface area (Å²) in [6.45, 7) is 4.81. The molecule has 1 aromatic carbocycles. The second-order valence-electron chi connectivity index (χ2n) is 6.70. The Balaban J connectivity index is 1.68. The topological polar surface area (TPSA) is 88.9 Å². The summed E-state index contributed by atoms with van der Waals surface area (Å²) in [6, 6.07) is 8.64. The molecule has 2 heterocycles. The molecule has 0 unspecified atom stereocenters. The average Bonchev–Trinajstić information content (AvgIpc) is 3.35. The Morgan fingerprint density at radius 1 is 1.20 bits per heavy atom. The summed E-state index contributed by atoms with van der Waals surface area (Å²) in [4.78, 5) is 24.6. The van der Waals surface area contributed by atoms with Crippen LogP contribution in [0.5, 0.6) is 0 Å². The van der Waals surface area contributed by atoms with Gasteiger partial charge in [-0.05, 0) is 35.6 Å². The zero-order chi connectivity index (χ0) is 21.7. The molecule has 7 nitrogen and oxygen atoms in total. The van der Waals surface area contributed by atoms with Crippen LogP contribution >= 0.6 is 46.3 Å². The zero-order valence-electron chi connectivity index (χ0n) is 16.2. The van der Waals surface area contributed by atoms with Crippen molar-refractivity contribution < 1.29 is 9.59 Å². The smallest absolute Gasteiger partial charge is 0.279 e. The molecule has 0 saturated carbocycles. The minimum absolute atomic E-state index is 0.0648. The third-order valence-corrected chi connectivity index (χ3v) is 6.21. The van der Waals surface area contributed by atoms with Gasteiger partial charge in [0.15, 0.2) is 11.0 Å². The minimum atomic E-state index is -0.356. The van der Waals surface area contributed by atoms with Gasteiger partial charge in [0.25, 0.3) is 5.91 Å². The number of thioether (sulfide) groups is 1. The van der Waals surface area contributed by atoms with E-state index in [2.05, 4.69) is 34.9 Å². The molecule has 0 aliphatic rings. The number of benzene rings is 1. The van der Waals surface area contributed by atoms with E-state index in [0.29, 0.717) is 43.9 Å². The average molecular weight is 484 g/mol. The number of hydrazine groups is 1. The van der Waals surface area contributed by atoms with Crippen molar-refractivity contribution in [2.75, 3.05) is 5.75 Å². The largest absolute Gasteiger partial charge is 0.302 e. The van der Waals surface area contributed by atoms with Crippen LogP contribution < -0.4 is 10.9 Å². The molecule has 0 saturated heterocycles. The number of carbonyl (C=O) groups is 2. The van der Waals surface area contributed by atoms with E-state index < -0.39 is 0 Å². The molecule has 0 spiro atoms. The van der Waals surface area contributed by atoms with E-state index in [1.165, 1.54) is 23.1 Å². The van der Waals surface area contributed by atoms with Crippen molar-refractivity contribution >= 4 is 58.1 Å². The Morgan fingerprint density at radius 2 is 2.00 bits per heavy atom. The SMILES string of the molecule is CC(C)Cn1c(SCC(=O)NNC(=O)c2cccs2)nnc1-c1ccc(Cl)cc1Cl. The molecule has 158 valence electrons. The van der Waals surface area contributed by atoms with Crippen molar-refractivity contribution in [3.8, 4) is 11.4 Å². The maximum absolute atomic E-state index is 12.2. The number of hydrogen-bond acceptors (Lipinski definition) is 6. The highest BCUT2D eigenvalue weighted by molar-refractivity contribution is 7.99. The van der Waals surface area contributed by atoms with Crippen LogP contribution in [0.4, 0.5) is 0 Å². The van der Waals surface area contributed by atoms with E-state index in [-0.39, 0.29) is 17.6 Å². The third kappa shape index (κ3) is 5.75. The predicted octanol–water partition coefficient (Wildman–Crippen LogP) is 4.52. The fraction of sp³-hybridized carbons (Fsp3) is 0.263. The van der Waals surface area contributed by atoms with Crippen molar-refractivity contribution in [2.45, 2.75) is 25.5 Å². The maximum atomic E-state index is 12.2. The van der Waals surface area contributed by atoms with Gasteiger partial charge in [-0.3, -0.25) is 20.4 Å². The van der Waals surface area contributed by atoms with E-state index in [0.717, 1.165) is 0 Å². The normalized spacial score (nSPS) is 11.0. The molecule has 0 bridgehead atoms. The lowest BCUT2D eigenvalue weighted by atomic mass is 10.2. The molecule has 30 heavy (non-hydrogen) atoms. The van der Waals surface area contributed by atoms with E-state index >= 15 is 0 Å². The molecular formula is C19H19Cl2N5O2S2. The van der Waals surface area contributed by atoms with Gasteiger partial charge >= 0.3 is 0 Å². The summed E-state index contributed by atoms with van der Waals surface area (Å²) < 4.78 is 1.93. The second kappa shape index (κ2) is 10.3. The summed E-state index contributed by atoms with van der Waals surface area (Å²) in [7, 11) is 0. The highest BCUT2D eigenvalue weighted by Gasteiger charge is 2.19. The fourth-order valence-electron chi connectivity index (χ4n) is 2.56. The van der Waals surface area contributed by atoms with E-state index in [4.69, 9.17) is 23.2 Å². The van der Waals surface area contributed by atoms with Gasteiger partial charge in [0, 0.05) is 17.1 Å². The van der Waals surface area contributed by atoms with Crippen LogP contribution in [-0.2, 0) is 11.3 Å². The van der Waals surface area contributed by atoms with Gasteiger partial charge in [0.1, 0.15) is 0 Å². The van der Waals surface area contributed by atoms with Crippen molar-refractivity contribution in [3.63, 3.8) is 0 Å². The molecule has 0 aliphatic heterocycles. The van der Waals surface area contributed by atoms with Gasteiger partial charge in [-0.2, -0.15) is 0 Å². The highest BCUT2D eigenvalue weighted by Crippen LogP contribution is 2.31. The second-order valence-corrected chi connectivity index (χ2v) is 9.44. The number of nitrogens with one attached hydrogen (secondary N) is 2. The lowest BCUT2D eigenvalue weighted by molar-refractivity contribution is -0.119. The highest BCUT2D eigenvalue weighted by atomic mass is 35.5. The summed E-state index contributed by atoms with van der Waals surface area (Å²) in [5.41, 5.74) is 5.52. The summed E-state index contributed by atoms with van der Waals surface area (Å²) >= 11 is 14.9. The van der Waals surface area contributed by atoms with Gasteiger partial charge in [-0.1, -0.05) is 54.9 Å². The van der Waals surface area contributed by atoms with Gasteiger partial charge in [-0.15, -0.1) is 21.5 Å². The standard InChI is InChI=1S/C19H19Cl2N5O2S2/c1-11(2)9-26-17(13-6-5-12(20)8-14(13)21)23-25-19(26)30-10-16(27)22-24-18(28)15-4-3-7-29-15/h3-8,11H,9-10H2,1-2H3,(H,22,27)(H,24,28). The Labute approximate surface area is 192 Å². The van der Waals surface area contributed by atoms with Gasteiger partial charge < -0.3 is 4.57 Å². The van der Waals surface area contributed by atoms with Crippen molar-refractivity contribution in [2.24, 2.45) is 5.92 Å². The number of halogens is 2. The van der Waals surface area contributed by atoms with Crippen molar-refractivity contribution in [1.82, 2.24) is 25.6 Å². The van der Waals surface area contributed by atoms with Crippen LogP contribution in [0.3, 0.4) is 0 Å². The number of rotatable bonds is 7. The first-order chi connectivity index (χ1) is 14.3. The van der Waals surface area contributed by atoms with Crippen LogP contribution in [-0.4, -0.2) is 32.3 Å². The Kier molecular flexibility index (Phi) is 7.76. The molecule has 0 aliphatic carbocycles. The van der Waals surface area contributed by atoms with Gasteiger partial charge in [0.05, 0.1) is 15.7 Å². The van der Waals surface area contributed by atoms with Crippen LogP contribution in [0.1, 0.15) is 23.5 Å². The third-order valence-electron chi connectivity index (χ3n) is 3.83. The predicted molar refractivity (Wildman–Crippen MR) is 121 cm³/mol. The molecule has 3 rings (SSSR count). The molecule has 3 aromatic rings. The molecular weight excluding hydrogens is 465 g/mol. The zero-order valence-corrected chi connectivity index (χ0v) is 19.3. The Bertz CT molecular complexity index is 1040. The maximum Gasteiger partial charge on any atom is 0.279 e.